The predicted octanol–water partition coefficient (Wildman–Crippen LogP) is 2.41. The first-order valence-electron chi connectivity index (χ1n) is 7.38. The molecule has 19 heavy (non-hydrogen) atoms. The minimum absolute atomic E-state index is 0.334. The van der Waals surface area contributed by atoms with Gasteiger partial charge in [-0.05, 0) is 44.0 Å². The maximum Gasteiger partial charge on any atom is 0.0473 e. The van der Waals surface area contributed by atoms with E-state index in [0.29, 0.717) is 18.6 Å². The summed E-state index contributed by atoms with van der Waals surface area (Å²) in [7, 11) is 2.17. The number of hydrogen-bond donors (Lipinski definition) is 1. The van der Waals surface area contributed by atoms with Gasteiger partial charge in [0.15, 0.2) is 0 Å². The van der Waals surface area contributed by atoms with Crippen molar-refractivity contribution in [3.63, 3.8) is 0 Å². The molecule has 0 amide bonds. The number of anilines is 1. The van der Waals surface area contributed by atoms with E-state index in [1.165, 1.54) is 16.8 Å². The van der Waals surface area contributed by atoms with E-state index in [1.54, 1.807) is 0 Å². The summed E-state index contributed by atoms with van der Waals surface area (Å²) >= 11 is 0. The largest absolute Gasteiger partial charge is 0.374 e. The van der Waals surface area contributed by atoms with Gasteiger partial charge in [-0.2, -0.15) is 0 Å². The van der Waals surface area contributed by atoms with E-state index in [-0.39, 0.29) is 0 Å². The third-order valence-electron chi connectivity index (χ3n) is 4.27. The molecule has 0 saturated carbocycles. The van der Waals surface area contributed by atoms with Crippen LogP contribution in [0, 0.1) is 0 Å². The Hall–Kier alpha value is -1.06. The first-order chi connectivity index (χ1) is 9.08. The number of likely N-dealkylation sites (N-methyl/N-ethyl adjacent to an activating group) is 2. The molecule has 3 heteroatoms. The highest BCUT2D eigenvalue weighted by atomic mass is 15.2. The number of benzene rings is 1. The van der Waals surface area contributed by atoms with E-state index in [4.69, 9.17) is 5.73 Å². The summed E-state index contributed by atoms with van der Waals surface area (Å²) < 4.78 is 0. The van der Waals surface area contributed by atoms with Crippen LogP contribution in [-0.2, 0) is 6.42 Å². The summed E-state index contributed by atoms with van der Waals surface area (Å²) in [4.78, 5) is 4.80. The third-order valence-corrected chi connectivity index (χ3v) is 4.27. The molecule has 2 rings (SSSR count). The lowest BCUT2D eigenvalue weighted by molar-refractivity contribution is 0.166. The second-order valence-corrected chi connectivity index (χ2v) is 5.74. The topological polar surface area (TPSA) is 32.5 Å². The van der Waals surface area contributed by atoms with E-state index in [9.17, 15) is 0 Å². The first kappa shape index (κ1) is 14.4. The Kier molecular flexibility index (Phi) is 4.48. The van der Waals surface area contributed by atoms with Gasteiger partial charge in [0.2, 0.25) is 0 Å². The van der Waals surface area contributed by atoms with Gasteiger partial charge in [0, 0.05) is 37.9 Å². The molecule has 0 saturated heterocycles. The lowest BCUT2D eigenvalue weighted by Gasteiger charge is -2.34. The Morgan fingerprint density at radius 2 is 2.11 bits per heavy atom. The first-order valence-corrected chi connectivity index (χ1v) is 7.38. The van der Waals surface area contributed by atoms with Crippen molar-refractivity contribution in [2.24, 2.45) is 5.73 Å². The van der Waals surface area contributed by atoms with Crippen LogP contribution in [0.1, 0.15) is 37.9 Å². The maximum atomic E-state index is 6.04. The maximum absolute atomic E-state index is 6.04. The van der Waals surface area contributed by atoms with E-state index in [0.717, 1.165) is 19.5 Å². The van der Waals surface area contributed by atoms with Crippen molar-refractivity contribution in [2.75, 3.05) is 31.6 Å². The van der Waals surface area contributed by atoms with Crippen molar-refractivity contribution in [1.82, 2.24) is 4.90 Å². The minimum atomic E-state index is 0.334. The summed E-state index contributed by atoms with van der Waals surface area (Å²) in [6, 6.07) is 7.73. The molecule has 3 nitrogen and oxygen atoms in total. The van der Waals surface area contributed by atoms with Crippen molar-refractivity contribution in [2.45, 2.75) is 39.3 Å². The molecule has 1 aromatic rings. The van der Waals surface area contributed by atoms with Crippen LogP contribution in [0.4, 0.5) is 5.69 Å². The van der Waals surface area contributed by atoms with Crippen LogP contribution >= 0.6 is 0 Å². The van der Waals surface area contributed by atoms with Crippen molar-refractivity contribution in [3.05, 3.63) is 29.3 Å². The van der Waals surface area contributed by atoms with Gasteiger partial charge in [-0.25, -0.2) is 0 Å². The van der Waals surface area contributed by atoms with Gasteiger partial charge in [0.1, 0.15) is 0 Å². The Labute approximate surface area is 117 Å². The predicted molar refractivity (Wildman–Crippen MR) is 82.7 cm³/mol. The Morgan fingerprint density at radius 1 is 1.37 bits per heavy atom. The minimum Gasteiger partial charge on any atom is -0.374 e. The van der Waals surface area contributed by atoms with Gasteiger partial charge in [-0.3, -0.25) is 4.90 Å². The number of hydrogen-bond acceptors (Lipinski definition) is 3. The van der Waals surface area contributed by atoms with Crippen molar-refractivity contribution >= 4 is 5.69 Å². The van der Waals surface area contributed by atoms with E-state index in [1.807, 2.05) is 0 Å². The highest BCUT2D eigenvalue weighted by Crippen LogP contribution is 2.31. The van der Waals surface area contributed by atoms with Gasteiger partial charge in [0.05, 0.1) is 0 Å². The lowest BCUT2D eigenvalue weighted by Crippen LogP contribution is -2.38. The van der Waals surface area contributed by atoms with Crippen LogP contribution in [-0.4, -0.2) is 37.6 Å². The Bertz CT molecular complexity index is 428. The normalized spacial score (nSPS) is 16.3. The van der Waals surface area contributed by atoms with Gasteiger partial charge in [0.25, 0.3) is 0 Å². The summed E-state index contributed by atoms with van der Waals surface area (Å²) in [6.45, 7) is 9.55. The number of nitrogens with two attached hydrogens (primary N) is 1. The molecule has 1 aromatic carbocycles. The van der Waals surface area contributed by atoms with Gasteiger partial charge in [-0.15, -0.1) is 0 Å². The monoisotopic (exact) mass is 261 g/mol. The summed E-state index contributed by atoms with van der Waals surface area (Å²) in [5, 5.41) is 0. The van der Waals surface area contributed by atoms with Crippen molar-refractivity contribution < 1.29 is 0 Å². The van der Waals surface area contributed by atoms with Gasteiger partial charge in [-0.1, -0.05) is 19.1 Å². The number of fused-ring (bicyclic) bond motifs is 1. The molecule has 1 aliphatic rings. The Morgan fingerprint density at radius 3 is 2.68 bits per heavy atom. The number of nitrogens with zero attached hydrogens (tertiary/aromatic N) is 2. The fourth-order valence-corrected chi connectivity index (χ4v) is 3.20. The van der Waals surface area contributed by atoms with Crippen LogP contribution < -0.4 is 10.6 Å². The highest BCUT2D eigenvalue weighted by molar-refractivity contribution is 5.58. The van der Waals surface area contributed by atoms with Crippen molar-refractivity contribution in [3.8, 4) is 0 Å². The van der Waals surface area contributed by atoms with E-state index in [2.05, 4.69) is 55.8 Å². The molecule has 0 fully saturated rings. The molecule has 1 aliphatic heterocycles. The molecule has 0 bridgehead atoms. The molecule has 0 aromatic heterocycles. The Balaban J connectivity index is 2.29. The SMILES string of the molecule is CCN(C(C)C)C(CN)c1ccc2c(c1)CCN2C. The molecular formula is C16H27N3. The smallest absolute Gasteiger partial charge is 0.0473 e. The zero-order valence-corrected chi connectivity index (χ0v) is 12.7. The summed E-state index contributed by atoms with van der Waals surface area (Å²) in [5.74, 6) is 0. The summed E-state index contributed by atoms with van der Waals surface area (Å²) in [5.41, 5.74) is 10.3. The second kappa shape index (κ2) is 5.93. The average Bonchev–Trinajstić information content (AvgIpc) is 2.76. The van der Waals surface area contributed by atoms with Crippen LogP contribution in [0.25, 0.3) is 0 Å². The van der Waals surface area contributed by atoms with Crippen LogP contribution in [0.15, 0.2) is 18.2 Å². The molecule has 2 N–H and O–H groups in total. The lowest BCUT2D eigenvalue weighted by atomic mass is 10.00. The molecular weight excluding hydrogens is 234 g/mol. The fourth-order valence-electron chi connectivity index (χ4n) is 3.20. The third kappa shape index (κ3) is 2.77. The van der Waals surface area contributed by atoms with Gasteiger partial charge >= 0.3 is 0 Å². The zero-order chi connectivity index (χ0) is 14.0. The molecule has 1 unspecified atom stereocenters. The molecule has 0 spiro atoms. The number of rotatable bonds is 5. The van der Waals surface area contributed by atoms with E-state index >= 15 is 0 Å². The molecule has 0 radical (unpaired) electrons. The van der Waals surface area contributed by atoms with E-state index < -0.39 is 0 Å². The van der Waals surface area contributed by atoms with Crippen LogP contribution in [0.5, 0.6) is 0 Å². The second-order valence-electron chi connectivity index (χ2n) is 5.74. The molecule has 106 valence electrons. The quantitative estimate of drug-likeness (QED) is 0.883. The highest BCUT2D eigenvalue weighted by Gasteiger charge is 2.23. The molecule has 1 heterocycles. The van der Waals surface area contributed by atoms with Crippen molar-refractivity contribution in [1.29, 1.82) is 0 Å². The molecule has 0 aliphatic carbocycles. The summed E-state index contributed by atoms with van der Waals surface area (Å²) in [6.07, 6.45) is 1.16. The zero-order valence-electron chi connectivity index (χ0n) is 12.7. The standard InChI is InChI=1S/C16H27N3/c1-5-19(12(2)3)16(11-17)13-6-7-15-14(10-13)8-9-18(15)4/h6-7,10,12,16H,5,8-9,11,17H2,1-4H3. The van der Waals surface area contributed by atoms with Crippen LogP contribution in [0.3, 0.4) is 0 Å². The van der Waals surface area contributed by atoms with Gasteiger partial charge < -0.3 is 10.6 Å². The molecule has 1 atom stereocenters. The van der Waals surface area contributed by atoms with Crippen LogP contribution in [0.2, 0.25) is 0 Å². The fraction of sp³-hybridized carbons (Fsp3) is 0.625. The average molecular weight is 261 g/mol.